The Morgan fingerprint density at radius 1 is 1.38 bits per heavy atom. The summed E-state index contributed by atoms with van der Waals surface area (Å²) in [7, 11) is 0. The third-order valence-electron chi connectivity index (χ3n) is 3.56. The Labute approximate surface area is 125 Å². The van der Waals surface area contributed by atoms with E-state index in [0.29, 0.717) is 6.54 Å². The molecule has 0 aliphatic carbocycles. The summed E-state index contributed by atoms with van der Waals surface area (Å²) in [5, 5.41) is 19.9. The summed E-state index contributed by atoms with van der Waals surface area (Å²) in [6.45, 7) is 2.15. The lowest BCUT2D eigenvalue weighted by Gasteiger charge is -2.16. The van der Waals surface area contributed by atoms with E-state index in [-0.39, 0.29) is 28.7 Å². The van der Waals surface area contributed by atoms with Crippen LogP contribution in [0, 0.1) is 22.0 Å². The minimum absolute atomic E-state index is 0.0902. The SMILES string of the molecule is CC1CN(C(=O)c2cc(Cl)cc([N+](=O)[O-])c2)CC1C(=O)O. The highest BCUT2D eigenvalue weighted by atomic mass is 35.5. The number of halogens is 1. The predicted octanol–water partition coefficient (Wildman–Crippen LogP) is 2.04. The maximum absolute atomic E-state index is 12.3. The molecule has 1 N–H and O–H groups in total. The summed E-state index contributed by atoms with van der Waals surface area (Å²) in [5.74, 6) is -2.19. The number of hydrogen-bond donors (Lipinski definition) is 1. The molecule has 1 aliphatic heterocycles. The van der Waals surface area contributed by atoms with Gasteiger partial charge in [-0.3, -0.25) is 19.7 Å². The van der Waals surface area contributed by atoms with Gasteiger partial charge in [0.1, 0.15) is 0 Å². The van der Waals surface area contributed by atoms with Crippen molar-refractivity contribution in [3.05, 3.63) is 38.9 Å². The van der Waals surface area contributed by atoms with Crippen molar-refractivity contribution in [1.29, 1.82) is 0 Å². The lowest BCUT2D eigenvalue weighted by atomic mass is 9.99. The van der Waals surface area contributed by atoms with Gasteiger partial charge in [0, 0.05) is 35.8 Å². The van der Waals surface area contributed by atoms with Crippen LogP contribution in [0.5, 0.6) is 0 Å². The minimum atomic E-state index is -0.949. The largest absolute Gasteiger partial charge is 0.481 e. The Balaban J connectivity index is 2.25. The van der Waals surface area contributed by atoms with Crippen LogP contribution in [0.25, 0.3) is 0 Å². The van der Waals surface area contributed by atoms with Gasteiger partial charge >= 0.3 is 5.97 Å². The molecule has 21 heavy (non-hydrogen) atoms. The molecule has 1 amide bonds. The van der Waals surface area contributed by atoms with Crippen LogP contribution in [0.4, 0.5) is 5.69 Å². The van der Waals surface area contributed by atoms with E-state index in [4.69, 9.17) is 16.7 Å². The number of carboxylic acids is 1. The summed E-state index contributed by atoms with van der Waals surface area (Å²) >= 11 is 5.78. The van der Waals surface area contributed by atoms with Gasteiger partial charge in [-0.1, -0.05) is 18.5 Å². The molecule has 0 radical (unpaired) electrons. The molecule has 112 valence electrons. The van der Waals surface area contributed by atoms with E-state index in [2.05, 4.69) is 0 Å². The van der Waals surface area contributed by atoms with Gasteiger partial charge in [-0.25, -0.2) is 0 Å². The Morgan fingerprint density at radius 2 is 2.05 bits per heavy atom. The van der Waals surface area contributed by atoms with Crippen molar-refractivity contribution in [3.63, 3.8) is 0 Å². The lowest BCUT2D eigenvalue weighted by molar-refractivity contribution is -0.384. The number of likely N-dealkylation sites (tertiary alicyclic amines) is 1. The van der Waals surface area contributed by atoms with Crippen molar-refractivity contribution < 1.29 is 19.6 Å². The Hall–Kier alpha value is -2.15. The van der Waals surface area contributed by atoms with Gasteiger partial charge < -0.3 is 10.0 Å². The van der Waals surface area contributed by atoms with E-state index in [1.54, 1.807) is 6.92 Å². The zero-order valence-electron chi connectivity index (χ0n) is 11.2. The summed E-state index contributed by atoms with van der Waals surface area (Å²) in [5.41, 5.74) is -0.180. The van der Waals surface area contributed by atoms with Crippen LogP contribution in [-0.4, -0.2) is 39.9 Å². The summed E-state index contributed by atoms with van der Waals surface area (Å²) in [6.07, 6.45) is 0. The second kappa shape index (κ2) is 5.69. The molecule has 0 saturated carbocycles. The number of carboxylic acid groups (broad SMARTS) is 1. The first-order chi connectivity index (χ1) is 9.79. The smallest absolute Gasteiger partial charge is 0.308 e. The Morgan fingerprint density at radius 3 is 2.57 bits per heavy atom. The van der Waals surface area contributed by atoms with Gasteiger partial charge in [-0.2, -0.15) is 0 Å². The molecular weight excluding hydrogens is 300 g/mol. The van der Waals surface area contributed by atoms with Gasteiger partial charge in [0.2, 0.25) is 0 Å². The molecule has 2 atom stereocenters. The fourth-order valence-corrected chi connectivity index (χ4v) is 2.67. The third kappa shape index (κ3) is 3.13. The molecule has 2 unspecified atom stereocenters. The van der Waals surface area contributed by atoms with Crippen LogP contribution in [0.3, 0.4) is 0 Å². The van der Waals surface area contributed by atoms with Crippen LogP contribution in [0.2, 0.25) is 5.02 Å². The van der Waals surface area contributed by atoms with Gasteiger partial charge in [-0.05, 0) is 12.0 Å². The highest BCUT2D eigenvalue weighted by Crippen LogP contribution is 2.27. The molecule has 1 fully saturated rings. The van der Waals surface area contributed by atoms with Crippen LogP contribution in [-0.2, 0) is 4.79 Å². The monoisotopic (exact) mass is 312 g/mol. The quantitative estimate of drug-likeness (QED) is 0.680. The van der Waals surface area contributed by atoms with Crippen molar-refractivity contribution in [1.82, 2.24) is 4.90 Å². The van der Waals surface area contributed by atoms with Gasteiger partial charge in [0.15, 0.2) is 0 Å². The Kier molecular flexibility index (Phi) is 4.13. The number of nitro benzene ring substituents is 1. The molecule has 8 heteroatoms. The molecule has 1 aromatic rings. The van der Waals surface area contributed by atoms with Gasteiger partial charge in [0.25, 0.3) is 11.6 Å². The number of nitro groups is 1. The highest BCUT2D eigenvalue weighted by molar-refractivity contribution is 6.31. The molecule has 2 rings (SSSR count). The number of hydrogen-bond acceptors (Lipinski definition) is 4. The number of aliphatic carboxylic acids is 1. The second-order valence-corrected chi connectivity index (χ2v) is 5.52. The zero-order valence-corrected chi connectivity index (χ0v) is 11.9. The van der Waals surface area contributed by atoms with Crippen molar-refractivity contribution in [2.24, 2.45) is 11.8 Å². The molecule has 7 nitrogen and oxygen atoms in total. The van der Waals surface area contributed by atoms with E-state index < -0.39 is 22.7 Å². The number of rotatable bonds is 3. The first-order valence-electron chi connectivity index (χ1n) is 6.26. The summed E-state index contributed by atoms with van der Waals surface area (Å²) < 4.78 is 0. The fourth-order valence-electron chi connectivity index (χ4n) is 2.44. The summed E-state index contributed by atoms with van der Waals surface area (Å²) in [4.78, 5) is 35.0. The second-order valence-electron chi connectivity index (χ2n) is 5.09. The maximum Gasteiger partial charge on any atom is 0.308 e. The maximum atomic E-state index is 12.3. The average Bonchev–Trinajstić information content (AvgIpc) is 2.79. The Bertz CT molecular complexity index is 619. The van der Waals surface area contributed by atoms with Crippen LogP contribution in [0.1, 0.15) is 17.3 Å². The van der Waals surface area contributed by atoms with Crippen LogP contribution >= 0.6 is 11.6 Å². The molecular formula is C13H13ClN2O5. The number of non-ortho nitro benzene ring substituents is 1. The molecule has 1 saturated heterocycles. The third-order valence-corrected chi connectivity index (χ3v) is 3.78. The van der Waals surface area contributed by atoms with Crippen molar-refractivity contribution in [2.45, 2.75) is 6.92 Å². The summed E-state index contributed by atoms with van der Waals surface area (Å²) in [6, 6.07) is 3.65. The average molecular weight is 313 g/mol. The predicted molar refractivity (Wildman–Crippen MR) is 74.3 cm³/mol. The van der Waals surface area contributed by atoms with Crippen molar-refractivity contribution >= 4 is 29.2 Å². The molecule has 1 aliphatic rings. The van der Waals surface area contributed by atoms with Crippen LogP contribution in [0.15, 0.2) is 18.2 Å². The molecule has 1 aromatic carbocycles. The molecule has 0 bridgehead atoms. The normalized spacial score (nSPS) is 21.3. The van der Waals surface area contributed by atoms with E-state index in [1.807, 2.05) is 0 Å². The lowest BCUT2D eigenvalue weighted by Crippen LogP contribution is -2.30. The molecule has 0 aromatic heterocycles. The first kappa shape index (κ1) is 15.2. The number of benzene rings is 1. The fraction of sp³-hybridized carbons (Fsp3) is 0.385. The number of carbonyl (C=O) groups excluding carboxylic acids is 1. The van der Waals surface area contributed by atoms with Crippen molar-refractivity contribution in [3.8, 4) is 0 Å². The molecule has 0 spiro atoms. The van der Waals surface area contributed by atoms with E-state index >= 15 is 0 Å². The van der Waals surface area contributed by atoms with Crippen molar-refractivity contribution in [2.75, 3.05) is 13.1 Å². The molecule has 1 heterocycles. The highest BCUT2D eigenvalue weighted by Gasteiger charge is 2.37. The van der Waals surface area contributed by atoms with E-state index in [1.165, 1.54) is 11.0 Å². The first-order valence-corrected chi connectivity index (χ1v) is 6.64. The van der Waals surface area contributed by atoms with Crippen LogP contribution < -0.4 is 0 Å². The standard InChI is InChI=1S/C13H13ClN2O5/c1-7-5-15(6-11(7)13(18)19)12(17)8-2-9(14)4-10(3-8)16(20)21/h2-4,7,11H,5-6H2,1H3,(H,18,19). The number of carbonyl (C=O) groups is 2. The van der Waals surface area contributed by atoms with Gasteiger partial charge in [-0.15, -0.1) is 0 Å². The van der Waals surface area contributed by atoms with Gasteiger partial charge in [0.05, 0.1) is 10.8 Å². The number of nitrogens with zero attached hydrogens (tertiary/aromatic N) is 2. The number of amides is 1. The zero-order chi connectivity index (χ0) is 15.7. The minimum Gasteiger partial charge on any atom is -0.481 e. The van der Waals surface area contributed by atoms with E-state index in [9.17, 15) is 19.7 Å². The topological polar surface area (TPSA) is 101 Å². The van der Waals surface area contributed by atoms with E-state index in [0.717, 1.165) is 12.1 Å².